The van der Waals surface area contributed by atoms with Gasteiger partial charge in [0.15, 0.2) is 0 Å². The van der Waals surface area contributed by atoms with Crippen molar-refractivity contribution in [1.82, 2.24) is 15.1 Å². The Balaban J connectivity index is 1.90. The molecule has 1 aromatic rings. The summed E-state index contributed by atoms with van der Waals surface area (Å²) < 4.78 is 1.92. The van der Waals surface area contributed by atoms with Crippen LogP contribution < -0.4 is 5.32 Å². The molecule has 1 saturated carbocycles. The third kappa shape index (κ3) is 3.84. The lowest BCUT2D eigenvalue weighted by atomic mass is 9.76. The van der Waals surface area contributed by atoms with Crippen LogP contribution in [0.25, 0.3) is 0 Å². The summed E-state index contributed by atoms with van der Waals surface area (Å²) >= 11 is 0. The summed E-state index contributed by atoms with van der Waals surface area (Å²) in [5, 5.41) is 7.90. The van der Waals surface area contributed by atoms with Gasteiger partial charge in [-0.25, -0.2) is 0 Å². The quantitative estimate of drug-likeness (QED) is 0.869. The van der Waals surface area contributed by atoms with E-state index >= 15 is 0 Å². The van der Waals surface area contributed by atoms with Gasteiger partial charge in [0.1, 0.15) is 0 Å². The molecule has 0 aliphatic heterocycles. The predicted octanol–water partition coefficient (Wildman–Crippen LogP) is 2.77. The molecule has 102 valence electrons. The van der Waals surface area contributed by atoms with E-state index in [0.29, 0.717) is 6.04 Å². The zero-order valence-corrected chi connectivity index (χ0v) is 12.0. The first-order valence-electron chi connectivity index (χ1n) is 7.36. The fraction of sp³-hybridized carbons (Fsp3) is 0.800. The van der Waals surface area contributed by atoms with Crippen LogP contribution in [-0.2, 0) is 13.5 Å². The second kappa shape index (κ2) is 6.37. The maximum atomic E-state index is 4.28. The van der Waals surface area contributed by atoms with Gasteiger partial charge in [-0.2, -0.15) is 5.10 Å². The number of rotatable bonds is 5. The van der Waals surface area contributed by atoms with Crippen LogP contribution >= 0.6 is 0 Å². The smallest absolute Gasteiger partial charge is 0.0521 e. The van der Waals surface area contributed by atoms with Crippen LogP contribution in [0.3, 0.4) is 0 Å². The molecule has 1 aromatic heterocycles. The number of nitrogens with one attached hydrogen (secondary N) is 1. The summed E-state index contributed by atoms with van der Waals surface area (Å²) in [7, 11) is 2.00. The molecule has 0 radical (unpaired) electrons. The van der Waals surface area contributed by atoms with E-state index in [0.717, 1.165) is 11.8 Å². The Morgan fingerprint density at radius 2 is 2.06 bits per heavy atom. The van der Waals surface area contributed by atoms with Gasteiger partial charge in [-0.1, -0.05) is 26.7 Å². The topological polar surface area (TPSA) is 29.9 Å². The Labute approximate surface area is 111 Å². The SMILES string of the molecule is CC(C)NCC1CCCCC1Cc1cnn(C)c1. The van der Waals surface area contributed by atoms with Crippen LogP contribution in [-0.4, -0.2) is 22.4 Å². The van der Waals surface area contributed by atoms with E-state index in [1.807, 2.05) is 17.9 Å². The van der Waals surface area contributed by atoms with Crippen molar-refractivity contribution in [2.75, 3.05) is 6.54 Å². The van der Waals surface area contributed by atoms with Crippen LogP contribution in [0.15, 0.2) is 12.4 Å². The van der Waals surface area contributed by atoms with Gasteiger partial charge < -0.3 is 5.32 Å². The molecule has 2 unspecified atom stereocenters. The lowest BCUT2D eigenvalue weighted by Gasteiger charge is -2.32. The van der Waals surface area contributed by atoms with Crippen LogP contribution in [0.4, 0.5) is 0 Å². The van der Waals surface area contributed by atoms with E-state index in [-0.39, 0.29) is 0 Å². The van der Waals surface area contributed by atoms with Crippen molar-refractivity contribution in [1.29, 1.82) is 0 Å². The molecule has 3 heteroatoms. The molecule has 1 heterocycles. The highest BCUT2D eigenvalue weighted by molar-refractivity contribution is 5.05. The van der Waals surface area contributed by atoms with Gasteiger partial charge in [0.25, 0.3) is 0 Å². The first-order chi connectivity index (χ1) is 8.65. The van der Waals surface area contributed by atoms with E-state index in [1.54, 1.807) is 0 Å². The molecule has 0 aromatic carbocycles. The summed E-state index contributed by atoms with van der Waals surface area (Å²) in [6.07, 6.45) is 11.0. The minimum atomic E-state index is 0.603. The third-order valence-electron chi connectivity index (χ3n) is 4.11. The molecular weight excluding hydrogens is 222 g/mol. The van der Waals surface area contributed by atoms with Crippen molar-refractivity contribution in [3.8, 4) is 0 Å². The first-order valence-corrected chi connectivity index (χ1v) is 7.36. The Hall–Kier alpha value is -0.830. The number of hydrogen-bond donors (Lipinski definition) is 1. The monoisotopic (exact) mass is 249 g/mol. The number of aryl methyl sites for hydroxylation is 1. The van der Waals surface area contributed by atoms with Crippen LogP contribution in [0.5, 0.6) is 0 Å². The Kier molecular flexibility index (Phi) is 4.81. The normalized spacial score (nSPS) is 24.7. The summed E-state index contributed by atoms with van der Waals surface area (Å²) in [6, 6.07) is 0.603. The van der Waals surface area contributed by atoms with Gasteiger partial charge in [0.05, 0.1) is 6.20 Å². The predicted molar refractivity (Wildman–Crippen MR) is 75.5 cm³/mol. The molecule has 0 spiro atoms. The number of aromatic nitrogens is 2. The Morgan fingerprint density at radius 3 is 2.67 bits per heavy atom. The lowest BCUT2D eigenvalue weighted by Crippen LogP contribution is -2.34. The molecule has 0 bridgehead atoms. The molecule has 1 aliphatic carbocycles. The van der Waals surface area contributed by atoms with Crippen molar-refractivity contribution in [2.45, 2.75) is 52.0 Å². The first kappa shape index (κ1) is 13.6. The van der Waals surface area contributed by atoms with Crippen LogP contribution in [0.2, 0.25) is 0 Å². The van der Waals surface area contributed by atoms with E-state index in [9.17, 15) is 0 Å². The van der Waals surface area contributed by atoms with Gasteiger partial charge in [-0.15, -0.1) is 0 Å². The summed E-state index contributed by atoms with van der Waals surface area (Å²) in [4.78, 5) is 0. The average molecular weight is 249 g/mol. The molecule has 1 N–H and O–H groups in total. The number of nitrogens with zero attached hydrogens (tertiary/aromatic N) is 2. The van der Waals surface area contributed by atoms with Crippen molar-refractivity contribution in [2.24, 2.45) is 18.9 Å². The second-order valence-electron chi connectivity index (χ2n) is 6.09. The van der Waals surface area contributed by atoms with Crippen molar-refractivity contribution < 1.29 is 0 Å². The molecule has 3 nitrogen and oxygen atoms in total. The zero-order valence-electron chi connectivity index (χ0n) is 12.0. The van der Waals surface area contributed by atoms with E-state index in [2.05, 4.69) is 30.5 Å². The minimum absolute atomic E-state index is 0.603. The van der Waals surface area contributed by atoms with Crippen molar-refractivity contribution >= 4 is 0 Å². The van der Waals surface area contributed by atoms with Gasteiger partial charge in [-0.05, 0) is 43.2 Å². The molecule has 1 fully saturated rings. The summed E-state index contributed by atoms with van der Waals surface area (Å²) in [6.45, 7) is 5.65. The molecular formula is C15H27N3. The minimum Gasteiger partial charge on any atom is -0.314 e. The number of hydrogen-bond acceptors (Lipinski definition) is 2. The largest absolute Gasteiger partial charge is 0.314 e. The molecule has 18 heavy (non-hydrogen) atoms. The van der Waals surface area contributed by atoms with E-state index in [1.165, 1.54) is 44.2 Å². The molecule has 2 rings (SSSR count). The van der Waals surface area contributed by atoms with Gasteiger partial charge in [0.2, 0.25) is 0 Å². The van der Waals surface area contributed by atoms with Crippen LogP contribution in [0.1, 0.15) is 45.1 Å². The van der Waals surface area contributed by atoms with Crippen molar-refractivity contribution in [3.63, 3.8) is 0 Å². The summed E-state index contributed by atoms with van der Waals surface area (Å²) in [5.74, 6) is 1.69. The molecule has 2 atom stereocenters. The molecule has 0 saturated heterocycles. The van der Waals surface area contributed by atoms with Gasteiger partial charge in [0, 0.05) is 19.3 Å². The highest BCUT2D eigenvalue weighted by Crippen LogP contribution is 2.32. The molecule has 0 amide bonds. The highest BCUT2D eigenvalue weighted by atomic mass is 15.2. The average Bonchev–Trinajstić information content (AvgIpc) is 2.73. The van der Waals surface area contributed by atoms with E-state index in [4.69, 9.17) is 0 Å². The maximum Gasteiger partial charge on any atom is 0.0521 e. The fourth-order valence-corrected chi connectivity index (χ4v) is 3.09. The van der Waals surface area contributed by atoms with Gasteiger partial charge >= 0.3 is 0 Å². The van der Waals surface area contributed by atoms with E-state index < -0.39 is 0 Å². The Morgan fingerprint density at radius 1 is 1.33 bits per heavy atom. The Bertz CT molecular complexity index is 356. The highest BCUT2D eigenvalue weighted by Gasteiger charge is 2.25. The van der Waals surface area contributed by atoms with Crippen LogP contribution in [0, 0.1) is 11.8 Å². The summed E-state index contributed by atoms with van der Waals surface area (Å²) in [5.41, 5.74) is 1.40. The van der Waals surface area contributed by atoms with Crippen molar-refractivity contribution in [3.05, 3.63) is 18.0 Å². The zero-order chi connectivity index (χ0) is 13.0. The van der Waals surface area contributed by atoms with Gasteiger partial charge in [-0.3, -0.25) is 4.68 Å². The standard InChI is InChI=1S/C15H27N3/c1-12(2)16-10-15-7-5-4-6-14(15)8-13-9-17-18(3)11-13/h9,11-12,14-16H,4-8,10H2,1-3H3. The third-order valence-corrected chi connectivity index (χ3v) is 4.11. The maximum absolute atomic E-state index is 4.28. The lowest BCUT2D eigenvalue weighted by molar-refractivity contribution is 0.224. The fourth-order valence-electron chi connectivity index (χ4n) is 3.09. The second-order valence-corrected chi connectivity index (χ2v) is 6.09. The molecule has 1 aliphatic rings.